The first kappa shape index (κ1) is 10.5. The van der Waals surface area contributed by atoms with Gasteiger partial charge in [-0.05, 0) is 35.9 Å². The Hall–Kier alpha value is -1.68. The molecule has 1 atom stereocenters. The third kappa shape index (κ3) is 1.96. The van der Waals surface area contributed by atoms with Crippen LogP contribution in [0.4, 0.5) is 5.69 Å². The Bertz CT molecular complexity index is 677. The number of benzene rings is 2. The van der Waals surface area contributed by atoms with Crippen LogP contribution in [0.2, 0.25) is 0 Å². The van der Waals surface area contributed by atoms with Gasteiger partial charge in [-0.1, -0.05) is 28.1 Å². The average molecular weight is 288 g/mol. The van der Waals surface area contributed by atoms with E-state index in [-0.39, 0.29) is 6.17 Å². The monoisotopic (exact) mass is 287 g/mol. The Labute approximate surface area is 107 Å². The van der Waals surface area contributed by atoms with E-state index in [4.69, 9.17) is 5.73 Å². The molecule has 4 heteroatoms. The van der Waals surface area contributed by atoms with Gasteiger partial charge in [-0.2, -0.15) is 0 Å². The van der Waals surface area contributed by atoms with E-state index in [2.05, 4.69) is 25.9 Å². The van der Waals surface area contributed by atoms with Crippen molar-refractivity contribution >= 4 is 21.6 Å². The molecule has 2 aromatic carbocycles. The molecule has 0 bridgehead atoms. The minimum Gasteiger partial charge on any atom is -0.399 e. The first-order chi connectivity index (χ1) is 8.22. The van der Waals surface area contributed by atoms with E-state index in [9.17, 15) is 0 Å². The Morgan fingerprint density at radius 1 is 0.941 bits per heavy atom. The number of hydrogen-bond acceptors (Lipinski definition) is 3. The van der Waals surface area contributed by atoms with Gasteiger partial charge in [-0.15, -0.1) is 0 Å². The second kappa shape index (κ2) is 3.96. The first-order valence-corrected chi connectivity index (χ1v) is 6.08. The summed E-state index contributed by atoms with van der Waals surface area (Å²) in [5, 5.41) is 1.78. The topological polar surface area (TPSA) is 50.7 Å². The number of nitrogens with zero attached hydrogens (tertiary/aromatic N) is 2. The maximum atomic E-state index is 5.73. The number of rotatable bonds is 1. The van der Waals surface area contributed by atoms with Gasteiger partial charge in [-0.25, -0.2) is 0 Å². The zero-order chi connectivity index (χ0) is 11.8. The summed E-state index contributed by atoms with van der Waals surface area (Å²) in [7, 11) is 0. The molecule has 2 N–H and O–H groups in total. The van der Waals surface area contributed by atoms with Crippen LogP contribution in [-0.2, 0) is 0 Å². The predicted molar refractivity (Wildman–Crippen MR) is 70.0 cm³/mol. The van der Waals surface area contributed by atoms with Crippen LogP contribution in [0.25, 0.3) is 0 Å². The zero-order valence-corrected chi connectivity index (χ0v) is 10.6. The number of hydrogen-bond donors (Lipinski definition) is 1. The third-order valence-corrected chi connectivity index (χ3v) is 3.22. The van der Waals surface area contributed by atoms with Crippen molar-refractivity contribution in [1.29, 1.82) is 0 Å². The fourth-order valence-corrected chi connectivity index (χ4v) is 2.09. The summed E-state index contributed by atoms with van der Waals surface area (Å²) < 4.78 is 1.06. The smallest absolute Gasteiger partial charge is 0.166 e. The summed E-state index contributed by atoms with van der Waals surface area (Å²) in [4.78, 5) is 9.11. The molecule has 1 heterocycles. The van der Waals surface area contributed by atoms with E-state index in [1.165, 1.54) is 0 Å². The SMILES string of the molecule is Nc1ccc2c(c1)=N[C@@H](c1ccc(Br)cc1)N=2. The molecule has 0 aliphatic carbocycles. The van der Waals surface area contributed by atoms with Crippen molar-refractivity contribution in [2.75, 3.05) is 5.73 Å². The van der Waals surface area contributed by atoms with Gasteiger partial charge in [0.05, 0.1) is 10.7 Å². The van der Waals surface area contributed by atoms with Crippen LogP contribution in [0.1, 0.15) is 11.7 Å². The molecular formula is C13H10BrN3. The van der Waals surface area contributed by atoms with Crippen molar-refractivity contribution in [2.45, 2.75) is 6.17 Å². The van der Waals surface area contributed by atoms with E-state index >= 15 is 0 Å². The van der Waals surface area contributed by atoms with Gasteiger partial charge in [0, 0.05) is 10.2 Å². The van der Waals surface area contributed by atoms with E-state index in [1.54, 1.807) is 0 Å². The molecule has 3 nitrogen and oxygen atoms in total. The molecule has 1 aliphatic heterocycles. The molecule has 0 spiro atoms. The fourth-order valence-electron chi connectivity index (χ4n) is 1.83. The van der Waals surface area contributed by atoms with Gasteiger partial charge in [0.15, 0.2) is 6.17 Å². The number of halogens is 1. The molecular weight excluding hydrogens is 278 g/mol. The highest BCUT2D eigenvalue weighted by molar-refractivity contribution is 9.10. The van der Waals surface area contributed by atoms with Gasteiger partial charge in [-0.3, -0.25) is 9.98 Å². The van der Waals surface area contributed by atoms with Crippen molar-refractivity contribution in [3.05, 3.63) is 63.2 Å². The number of anilines is 1. The Morgan fingerprint density at radius 3 is 2.41 bits per heavy atom. The summed E-state index contributed by atoms with van der Waals surface area (Å²) in [5.74, 6) is 0. The molecule has 0 amide bonds. The Morgan fingerprint density at radius 2 is 1.65 bits per heavy atom. The summed E-state index contributed by atoms with van der Waals surface area (Å²) in [6.45, 7) is 0. The van der Waals surface area contributed by atoms with Gasteiger partial charge < -0.3 is 5.73 Å². The normalized spacial score (nSPS) is 17.1. The second-order valence-corrected chi connectivity index (χ2v) is 4.85. The highest BCUT2D eigenvalue weighted by atomic mass is 79.9. The number of fused-ring (bicyclic) bond motifs is 1. The molecule has 0 radical (unpaired) electrons. The quantitative estimate of drug-likeness (QED) is 0.801. The average Bonchev–Trinajstić information content (AvgIpc) is 2.72. The number of nitrogen functional groups attached to an aromatic ring is 1. The summed E-state index contributed by atoms with van der Waals surface area (Å²) in [5.41, 5.74) is 7.53. The lowest BCUT2D eigenvalue weighted by atomic mass is 10.2. The Balaban J connectivity index is 2.07. The van der Waals surface area contributed by atoms with Crippen molar-refractivity contribution in [2.24, 2.45) is 9.98 Å². The summed E-state index contributed by atoms with van der Waals surface area (Å²) in [6.07, 6.45) is -0.139. The maximum Gasteiger partial charge on any atom is 0.166 e. The zero-order valence-electron chi connectivity index (χ0n) is 8.97. The lowest BCUT2D eigenvalue weighted by Gasteiger charge is -2.03. The largest absolute Gasteiger partial charge is 0.399 e. The lowest BCUT2D eigenvalue weighted by molar-refractivity contribution is 0.771. The van der Waals surface area contributed by atoms with Crippen molar-refractivity contribution in [3.63, 3.8) is 0 Å². The van der Waals surface area contributed by atoms with Gasteiger partial charge in [0.25, 0.3) is 0 Å². The third-order valence-electron chi connectivity index (χ3n) is 2.69. The van der Waals surface area contributed by atoms with Crippen LogP contribution >= 0.6 is 15.9 Å². The van der Waals surface area contributed by atoms with Gasteiger partial charge in [0.1, 0.15) is 0 Å². The van der Waals surface area contributed by atoms with Crippen molar-refractivity contribution in [3.8, 4) is 0 Å². The van der Waals surface area contributed by atoms with Gasteiger partial charge in [0.2, 0.25) is 0 Å². The van der Waals surface area contributed by atoms with Crippen LogP contribution in [0.3, 0.4) is 0 Å². The molecule has 3 rings (SSSR count). The van der Waals surface area contributed by atoms with Crippen molar-refractivity contribution in [1.82, 2.24) is 0 Å². The van der Waals surface area contributed by atoms with E-state index in [0.717, 1.165) is 26.4 Å². The van der Waals surface area contributed by atoms with Crippen LogP contribution in [0, 0.1) is 0 Å². The van der Waals surface area contributed by atoms with Crippen LogP contribution in [0.15, 0.2) is 56.9 Å². The molecule has 0 fully saturated rings. The first-order valence-electron chi connectivity index (χ1n) is 5.29. The van der Waals surface area contributed by atoms with E-state index < -0.39 is 0 Å². The molecule has 0 saturated heterocycles. The van der Waals surface area contributed by atoms with Crippen molar-refractivity contribution < 1.29 is 0 Å². The second-order valence-electron chi connectivity index (χ2n) is 3.93. The molecule has 2 aromatic rings. The highest BCUT2D eigenvalue weighted by Crippen LogP contribution is 2.21. The standard InChI is InChI=1S/C13H10BrN3/c14-9-3-1-8(2-4-9)13-16-11-6-5-10(15)7-12(11)17-13/h1-7,13H,15H2/t13-/m0/s1. The highest BCUT2D eigenvalue weighted by Gasteiger charge is 2.12. The fraction of sp³-hybridized carbons (Fsp3) is 0.0769. The molecule has 0 unspecified atom stereocenters. The molecule has 84 valence electrons. The molecule has 1 aliphatic rings. The van der Waals surface area contributed by atoms with E-state index in [0.29, 0.717) is 0 Å². The lowest BCUT2D eigenvalue weighted by Crippen LogP contribution is -2.21. The molecule has 0 saturated carbocycles. The summed E-state index contributed by atoms with van der Waals surface area (Å²) >= 11 is 3.41. The van der Waals surface area contributed by atoms with Gasteiger partial charge >= 0.3 is 0 Å². The number of nitrogens with two attached hydrogens (primary N) is 1. The molecule has 17 heavy (non-hydrogen) atoms. The van der Waals surface area contributed by atoms with E-state index in [1.807, 2.05) is 42.5 Å². The van der Waals surface area contributed by atoms with Crippen LogP contribution < -0.4 is 16.4 Å². The Kier molecular flexibility index (Phi) is 2.44. The predicted octanol–water partition coefficient (Wildman–Crippen LogP) is 1.98. The minimum atomic E-state index is -0.139. The minimum absolute atomic E-state index is 0.139. The van der Waals surface area contributed by atoms with Crippen LogP contribution in [0.5, 0.6) is 0 Å². The molecule has 0 aromatic heterocycles. The maximum absolute atomic E-state index is 5.73. The summed E-state index contributed by atoms with van der Waals surface area (Å²) in [6, 6.07) is 13.7. The van der Waals surface area contributed by atoms with Crippen LogP contribution in [-0.4, -0.2) is 0 Å².